The topological polar surface area (TPSA) is 70.3 Å². The average Bonchev–Trinajstić information content (AvgIpc) is 2.92. The highest BCUT2D eigenvalue weighted by molar-refractivity contribution is 7.21. The summed E-state index contributed by atoms with van der Waals surface area (Å²) in [4.78, 5) is 11.5. The number of methoxy groups -OCH3 is 1. The van der Waals surface area contributed by atoms with E-state index in [2.05, 4.69) is 0 Å². The lowest BCUT2D eigenvalue weighted by Gasteiger charge is -2.10. The summed E-state index contributed by atoms with van der Waals surface area (Å²) in [7, 11) is 1.22. The highest BCUT2D eigenvalue weighted by atomic mass is 32.1. The summed E-state index contributed by atoms with van der Waals surface area (Å²) < 4.78 is 32.6. The first-order chi connectivity index (χ1) is 11.5. The zero-order chi connectivity index (χ0) is 17.4. The van der Waals surface area contributed by atoms with E-state index in [9.17, 15) is 23.9 Å². The Morgan fingerprint density at radius 2 is 2.04 bits per heavy atom. The largest absolute Gasteiger partial charge is 0.492 e. The van der Waals surface area contributed by atoms with E-state index in [1.54, 1.807) is 0 Å². The highest BCUT2D eigenvalue weighted by Gasteiger charge is 2.24. The van der Waals surface area contributed by atoms with Crippen molar-refractivity contribution in [3.8, 4) is 22.9 Å². The van der Waals surface area contributed by atoms with E-state index in [4.69, 9.17) is 4.74 Å². The van der Waals surface area contributed by atoms with Gasteiger partial charge in [-0.3, -0.25) is 0 Å². The first-order valence-corrected chi connectivity index (χ1v) is 7.52. The van der Waals surface area contributed by atoms with Crippen LogP contribution in [-0.2, 0) is 0 Å². The van der Waals surface area contributed by atoms with Crippen molar-refractivity contribution < 1.29 is 23.4 Å². The number of halogens is 2. The second kappa shape index (κ2) is 5.91. The molecule has 24 heavy (non-hydrogen) atoms. The van der Waals surface area contributed by atoms with Crippen molar-refractivity contribution in [3.63, 3.8) is 0 Å². The maximum absolute atomic E-state index is 13.8. The third kappa shape index (κ3) is 2.37. The van der Waals surface area contributed by atoms with Gasteiger partial charge in [0.25, 0.3) is 0 Å². The molecule has 3 aromatic rings. The van der Waals surface area contributed by atoms with Gasteiger partial charge < -0.3 is 9.84 Å². The molecule has 0 amide bonds. The molecule has 0 aliphatic rings. The quantitative estimate of drug-likeness (QED) is 0.762. The molecular weight excluding hydrogens is 336 g/mol. The van der Waals surface area contributed by atoms with Gasteiger partial charge >= 0.3 is 5.97 Å². The van der Waals surface area contributed by atoms with Crippen LogP contribution in [0, 0.1) is 23.0 Å². The smallest absolute Gasteiger partial charge is 0.346 e. The van der Waals surface area contributed by atoms with Gasteiger partial charge in [0.15, 0.2) is 11.6 Å². The fourth-order valence-electron chi connectivity index (χ4n) is 2.56. The van der Waals surface area contributed by atoms with Gasteiger partial charge in [-0.2, -0.15) is 5.26 Å². The van der Waals surface area contributed by atoms with Gasteiger partial charge in [0.2, 0.25) is 0 Å². The lowest BCUT2D eigenvalue weighted by Crippen LogP contribution is -1.99. The van der Waals surface area contributed by atoms with Gasteiger partial charge in [-0.05, 0) is 30.3 Å². The lowest BCUT2D eigenvalue weighted by molar-refractivity contribution is 0.0703. The molecule has 0 unspecified atom stereocenters. The number of hydrogen-bond acceptors (Lipinski definition) is 4. The van der Waals surface area contributed by atoms with Crippen LogP contribution >= 0.6 is 11.3 Å². The number of thiophene rings is 1. The highest BCUT2D eigenvalue weighted by Crippen LogP contribution is 2.42. The van der Waals surface area contributed by atoms with Crippen LogP contribution in [-0.4, -0.2) is 18.2 Å². The van der Waals surface area contributed by atoms with E-state index in [1.807, 2.05) is 6.07 Å². The maximum Gasteiger partial charge on any atom is 0.346 e. The molecule has 1 heterocycles. The van der Waals surface area contributed by atoms with Crippen molar-refractivity contribution in [2.75, 3.05) is 7.11 Å². The van der Waals surface area contributed by atoms with Gasteiger partial charge in [-0.1, -0.05) is 0 Å². The molecule has 0 spiro atoms. The summed E-state index contributed by atoms with van der Waals surface area (Å²) in [5, 5.41) is 19.3. The standard InChI is InChI=1S/C17H9F2NO3S/c1-23-15-11(7-20)9(4-5-12(15)19)14-10-3-2-8(18)6-13(10)24-16(14)17(21)22/h2-6H,1H3,(H,21,22). The monoisotopic (exact) mass is 345 g/mol. The number of benzene rings is 2. The summed E-state index contributed by atoms with van der Waals surface area (Å²) in [5.74, 6) is -2.68. The first kappa shape index (κ1) is 15.9. The zero-order valence-electron chi connectivity index (χ0n) is 12.3. The van der Waals surface area contributed by atoms with Crippen molar-refractivity contribution in [2.24, 2.45) is 0 Å². The molecule has 0 aliphatic carbocycles. The third-order valence-electron chi connectivity index (χ3n) is 3.54. The Morgan fingerprint density at radius 3 is 2.67 bits per heavy atom. The second-order valence-electron chi connectivity index (χ2n) is 4.87. The molecule has 3 rings (SSSR count). The van der Waals surface area contributed by atoms with E-state index in [1.165, 1.54) is 31.4 Å². The van der Waals surface area contributed by atoms with Crippen molar-refractivity contribution >= 4 is 27.4 Å². The van der Waals surface area contributed by atoms with Crippen LogP contribution in [0.4, 0.5) is 8.78 Å². The van der Waals surface area contributed by atoms with Crippen LogP contribution in [0.1, 0.15) is 15.2 Å². The maximum atomic E-state index is 13.8. The van der Waals surface area contributed by atoms with Crippen LogP contribution in [0.25, 0.3) is 21.2 Å². The number of rotatable bonds is 3. The fraction of sp³-hybridized carbons (Fsp3) is 0.0588. The minimum absolute atomic E-state index is 0.0549. The molecule has 7 heteroatoms. The van der Waals surface area contributed by atoms with Crippen LogP contribution < -0.4 is 4.74 Å². The lowest BCUT2D eigenvalue weighted by atomic mass is 9.96. The summed E-state index contributed by atoms with van der Waals surface area (Å²) in [5.41, 5.74) is 0.368. The molecule has 0 bridgehead atoms. The summed E-state index contributed by atoms with van der Waals surface area (Å²) >= 11 is 0.894. The van der Waals surface area contributed by atoms with Crippen LogP contribution in [0.3, 0.4) is 0 Å². The molecule has 0 saturated carbocycles. The molecule has 0 fully saturated rings. The number of ether oxygens (including phenoxy) is 1. The van der Waals surface area contributed by atoms with Crippen LogP contribution in [0.5, 0.6) is 5.75 Å². The van der Waals surface area contributed by atoms with Crippen molar-refractivity contribution in [1.29, 1.82) is 5.26 Å². The average molecular weight is 345 g/mol. The minimum Gasteiger partial charge on any atom is -0.492 e. The van der Waals surface area contributed by atoms with E-state index < -0.39 is 17.6 Å². The molecule has 1 N–H and O–H groups in total. The number of carbonyl (C=O) groups is 1. The predicted octanol–water partition coefficient (Wildman–Crippen LogP) is 4.42. The van der Waals surface area contributed by atoms with Crippen molar-refractivity contribution in [3.05, 3.63) is 52.4 Å². The van der Waals surface area contributed by atoms with Gasteiger partial charge in [-0.25, -0.2) is 13.6 Å². The van der Waals surface area contributed by atoms with Gasteiger partial charge in [0.1, 0.15) is 22.3 Å². The van der Waals surface area contributed by atoms with Crippen molar-refractivity contribution in [1.82, 2.24) is 0 Å². The number of fused-ring (bicyclic) bond motifs is 1. The summed E-state index contributed by atoms with van der Waals surface area (Å²) in [6.45, 7) is 0. The Labute approximate surface area is 139 Å². The number of nitrogens with zero attached hydrogens (tertiary/aromatic N) is 1. The van der Waals surface area contributed by atoms with E-state index >= 15 is 0 Å². The molecule has 120 valence electrons. The minimum atomic E-state index is -1.21. The number of hydrogen-bond donors (Lipinski definition) is 1. The number of nitriles is 1. The second-order valence-corrected chi connectivity index (χ2v) is 5.92. The fourth-order valence-corrected chi connectivity index (χ4v) is 3.65. The van der Waals surface area contributed by atoms with E-state index in [0.29, 0.717) is 10.1 Å². The van der Waals surface area contributed by atoms with Crippen LogP contribution in [0.2, 0.25) is 0 Å². The molecule has 0 radical (unpaired) electrons. The normalized spacial score (nSPS) is 10.6. The van der Waals surface area contributed by atoms with Crippen molar-refractivity contribution in [2.45, 2.75) is 0 Å². The number of carboxylic acid groups (broad SMARTS) is 1. The van der Waals surface area contributed by atoms with E-state index in [-0.39, 0.29) is 27.3 Å². The van der Waals surface area contributed by atoms with Crippen LogP contribution in [0.15, 0.2) is 30.3 Å². The molecular formula is C17H9F2NO3S. The number of aromatic carboxylic acids is 1. The Hall–Kier alpha value is -2.98. The summed E-state index contributed by atoms with van der Waals surface area (Å²) in [6, 6.07) is 8.17. The molecule has 1 aromatic heterocycles. The SMILES string of the molecule is COc1c(F)ccc(-c2c(C(=O)O)sc3cc(F)ccc23)c1C#N. The molecule has 2 aromatic carbocycles. The molecule has 0 saturated heterocycles. The molecule has 0 aliphatic heterocycles. The first-order valence-electron chi connectivity index (χ1n) is 6.70. The molecule has 4 nitrogen and oxygen atoms in total. The zero-order valence-corrected chi connectivity index (χ0v) is 13.1. The Bertz CT molecular complexity index is 1020. The third-order valence-corrected chi connectivity index (χ3v) is 4.68. The Balaban J connectivity index is 2.45. The van der Waals surface area contributed by atoms with Gasteiger partial charge in [-0.15, -0.1) is 11.3 Å². The molecule has 0 atom stereocenters. The summed E-state index contributed by atoms with van der Waals surface area (Å²) in [6.07, 6.45) is 0. The Kier molecular flexibility index (Phi) is 3.91. The van der Waals surface area contributed by atoms with Gasteiger partial charge in [0, 0.05) is 21.2 Å². The van der Waals surface area contributed by atoms with E-state index in [0.717, 1.165) is 17.4 Å². The Morgan fingerprint density at radius 1 is 1.29 bits per heavy atom. The number of carboxylic acids is 1. The predicted molar refractivity (Wildman–Crippen MR) is 85.4 cm³/mol. The van der Waals surface area contributed by atoms with Gasteiger partial charge in [0.05, 0.1) is 7.11 Å².